The standard InChI is InChI=1S/C17H17ClFNO5S/c1-3-26(23,24)12-5-7-15(13(18)9-12)25-16-8-11(19)4-6-14(16)20-10(2)17(21)22/h4-10,20H,3H2,1-2H3,(H,21,22)/t10-/m1/s1. The van der Waals surface area contributed by atoms with Crippen LogP contribution >= 0.6 is 11.6 Å². The second kappa shape index (κ2) is 7.92. The fraction of sp³-hybridized carbons (Fsp3) is 0.235. The molecule has 0 radical (unpaired) electrons. The Morgan fingerprint density at radius 3 is 2.54 bits per heavy atom. The monoisotopic (exact) mass is 401 g/mol. The number of rotatable bonds is 7. The predicted octanol–water partition coefficient (Wildman–Crippen LogP) is 3.95. The van der Waals surface area contributed by atoms with E-state index < -0.39 is 27.7 Å². The van der Waals surface area contributed by atoms with Crippen molar-refractivity contribution in [1.29, 1.82) is 0 Å². The molecule has 0 amide bonds. The molecule has 26 heavy (non-hydrogen) atoms. The van der Waals surface area contributed by atoms with Gasteiger partial charge in [-0.2, -0.15) is 0 Å². The second-order valence-corrected chi connectivity index (χ2v) is 8.13. The molecule has 0 aliphatic rings. The molecule has 1 atom stereocenters. The Morgan fingerprint density at radius 1 is 1.27 bits per heavy atom. The predicted molar refractivity (Wildman–Crippen MR) is 96.4 cm³/mol. The SMILES string of the molecule is CCS(=O)(=O)c1ccc(Oc2cc(F)ccc2N[C@H](C)C(=O)O)c(Cl)c1. The van der Waals surface area contributed by atoms with Crippen LogP contribution in [0.5, 0.6) is 11.5 Å². The number of hydrogen-bond donors (Lipinski definition) is 2. The number of carboxylic acid groups (broad SMARTS) is 1. The van der Waals surface area contributed by atoms with Crippen LogP contribution in [0, 0.1) is 5.82 Å². The lowest BCUT2D eigenvalue weighted by Crippen LogP contribution is -2.25. The van der Waals surface area contributed by atoms with Crippen molar-refractivity contribution in [3.63, 3.8) is 0 Å². The molecule has 2 aromatic rings. The molecule has 0 unspecified atom stereocenters. The van der Waals surface area contributed by atoms with Crippen LogP contribution in [0.4, 0.5) is 10.1 Å². The third-order valence-electron chi connectivity index (χ3n) is 3.55. The summed E-state index contributed by atoms with van der Waals surface area (Å²) in [6.45, 7) is 2.94. The molecule has 0 bridgehead atoms. The largest absolute Gasteiger partial charge is 0.480 e. The topological polar surface area (TPSA) is 92.7 Å². The first-order valence-electron chi connectivity index (χ1n) is 7.63. The highest BCUT2D eigenvalue weighted by molar-refractivity contribution is 7.91. The van der Waals surface area contributed by atoms with E-state index in [2.05, 4.69) is 5.32 Å². The van der Waals surface area contributed by atoms with Gasteiger partial charge in [0.2, 0.25) is 0 Å². The van der Waals surface area contributed by atoms with Crippen molar-refractivity contribution in [2.75, 3.05) is 11.1 Å². The molecule has 2 N–H and O–H groups in total. The van der Waals surface area contributed by atoms with Crippen LogP contribution < -0.4 is 10.1 Å². The van der Waals surface area contributed by atoms with E-state index in [0.29, 0.717) is 0 Å². The lowest BCUT2D eigenvalue weighted by Gasteiger charge is -2.16. The Bertz CT molecular complexity index is 933. The Hall–Kier alpha value is -2.32. The zero-order chi connectivity index (χ0) is 19.5. The smallest absolute Gasteiger partial charge is 0.325 e. The molecule has 0 saturated carbocycles. The molecule has 0 saturated heterocycles. The number of ether oxygens (including phenoxy) is 1. The maximum Gasteiger partial charge on any atom is 0.325 e. The van der Waals surface area contributed by atoms with Gasteiger partial charge in [0.05, 0.1) is 21.4 Å². The Morgan fingerprint density at radius 2 is 1.96 bits per heavy atom. The van der Waals surface area contributed by atoms with Gasteiger partial charge in [-0.3, -0.25) is 4.79 Å². The number of benzene rings is 2. The average Bonchev–Trinajstić information content (AvgIpc) is 2.58. The van der Waals surface area contributed by atoms with Crippen LogP contribution in [0.25, 0.3) is 0 Å². The molecule has 6 nitrogen and oxygen atoms in total. The van der Waals surface area contributed by atoms with E-state index in [4.69, 9.17) is 21.4 Å². The van der Waals surface area contributed by atoms with Gasteiger partial charge in [-0.1, -0.05) is 18.5 Å². The maximum absolute atomic E-state index is 13.6. The van der Waals surface area contributed by atoms with Gasteiger partial charge in [-0.05, 0) is 37.3 Å². The first-order valence-corrected chi connectivity index (χ1v) is 9.66. The van der Waals surface area contributed by atoms with Crippen LogP contribution in [0.3, 0.4) is 0 Å². The maximum atomic E-state index is 13.6. The van der Waals surface area contributed by atoms with Gasteiger partial charge in [0.15, 0.2) is 15.6 Å². The first kappa shape index (κ1) is 20.0. The molecule has 0 aromatic heterocycles. The summed E-state index contributed by atoms with van der Waals surface area (Å²) in [6.07, 6.45) is 0. The number of carboxylic acids is 1. The highest BCUT2D eigenvalue weighted by atomic mass is 35.5. The van der Waals surface area contributed by atoms with Crippen molar-refractivity contribution in [2.24, 2.45) is 0 Å². The zero-order valence-electron chi connectivity index (χ0n) is 14.0. The number of carbonyl (C=O) groups is 1. The van der Waals surface area contributed by atoms with Crippen LogP contribution in [-0.4, -0.2) is 31.3 Å². The number of halogens is 2. The summed E-state index contributed by atoms with van der Waals surface area (Å²) < 4.78 is 42.9. The number of aliphatic carboxylic acids is 1. The van der Waals surface area contributed by atoms with Crippen molar-refractivity contribution in [3.05, 3.63) is 47.2 Å². The number of nitrogens with one attached hydrogen (secondary N) is 1. The lowest BCUT2D eigenvalue weighted by atomic mass is 10.2. The summed E-state index contributed by atoms with van der Waals surface area (Å²) >= 11 is 6.09. The fourth-order valence-corrected chi connectivity index (χ4v) is 3.23. The summed E-state index contributed by atoms with van der Waals surface area (Å²) in [4.78, 5) is 11.0. The van der Waals surface area contributed by atoms with Gasteiger partial charge in [0.25, 0.3) is 0 Å². The van der Waals surface area contributed by atoms with Crippen molar-refractivity contribution >= 4 is 33.1 Å². The molecular formula is C17H17ClFNO5S. The van der Waals surface area contributed by atoms with Crippen LogP contribution in [0.2, 0.25) is 5.02 Å². The summed E-state index contributed by atoms with van der Waals surface area (Å²) in [5, 5.41) is 11.7. The van der Waals surface area contributed by atoms with Gasteiger partial charge < -0.3 is 15.2 Å². The number of hydrogen-bond acceptors (Lipinski definition) is 5. The summed E-state index contributed by atoms with van der Waals surface area (Å²) in [5.74, 6) is -1.62. The minimum Gasteiger partial charge on any atom is -0.480 e. The van der Waals surface area contributed by atoms with E-state index >= 15 is 0 Å². The quantitative estimate of drug-likeness (QED) is 0.729. The van der Waals surface area contributed by atoms with Crippen molar-refractivity contribution < 1.29 is 27.4 Å². The summed E-state index contributed by atoms with van der Waals surface area (Å²) in [7, 11) is -3.43. The first-order chi connectivity index (χ1) is 12.1. The van der Waals surface area contributed by atoms with E-state index in [-0.39, 0.29) is 32.9 Å². The lowest BCUT2D eigenvalue weighted by molar-refractivity contribution is -0.137. The van der Waals surface area contributed by atoms with Gasteiger partial charge in [0.1, 0.15) is 17.6 Å². The molecule has 140 valence electrons. The molecule has 0 aliphatic heterocycles. The number of sulfone groups is 1. The fourth-order valence-electron chi connectivity index (χ4n) is 2.04. The normalized spacial score (nSPS) is 12.5. The molecule has 0 aliphatic carbocycles. The highest BCUT2D eigenvalue weighted by Gasteiger charge is 2.17. The van der Waals surface area contributed by atoms with Gasteiger partial charge >= 0.3 is 5.97 Å². The number of anilines is 1. The third kappa shape index (κ3) is 4.64. The average molecular weight is 402 g/mol. The van der Waals surface area contributed by atoms with Gasteiger partial charge in [-0.25, -0.2) is 12.8 Å². The van der Waals surface area contributed by atoms with Gasteiger partial charge in [0, 0.05) is 6.07 Å². The van der Waals surface area contributed by atoms with Crippen LogP contribution in [0.1, 0.15) is 13.8 Å². The van der Waals surface area contributed by atoms with Crippen molar-refractivity contribution in [2.45, 2.75) is 24.8 Å². The molecule has 2 aromatic carbocycles. The summed E-state index contributed by atoms with van der Waals surface area (Å²) in [6, 6.07) is 6.59. The molecule has 2 rings (SSSR count). The minimum atomic E-state index is -3.43. The summed E-state index contributed by atoms with van der Waals surface area (Å²) in [5.41, 5.74) is 0.252. The highest BCUT2D eigenvalue weighted by Crippen LogP contribution is 2.35. The Kier molecular flexibility index (Phi) is 6.09. The van der Waals surface area contributed by atoms with E-state index in [1.807, 2.05) is 0 Å². The Labute approximate surface area is 155 Å². The molecule has 0 fully saturated rings. The zero-order valence-corrected chi connectivity index (χ0v) is 15.6. The van der Waals surface area contributed by atoms with E-state index in [9.17, 15) is 17.6 Å². The third-order valence-corrected chi connectivity index (χ3v) is 5.58. The second-order valence-electron chi connectivity index (χ2n) is 5.44. The minimum absolute atomic E-state index is 0.0195. The van der Waals surface area contributed by atoms with E-state index in [1.54, 1.807) is 0 Å². The van der Waals surface area contributed by atoms with Gasteiger partial charge in [-0.15, -0.1) is 0 Å². The molecular weight excluding hydrogens is 385 g/mol. The van der Waals surface area contributed by atoms with Crippen LogP contribution in [-0.2, 0) is 14.6 Å². The van der Waals surface area contributed by atoms with Crippen LogP contribution in [0.15, 0.2) is 41.3 Å². The molecule has 0 spiro atoms. The van der Waals surface area contributed by atoms with Crippen molar-refractivity contribution in [1.82, 2.24) is 0 Å². The Balaban J connectivity index is 2.36. The van der Waals surface area contributed by atoms with E-state index in [1.165, 1.54) is 38.1 Å². The molecule has 9 heteroatoms. The van der Waals surface area contributed by atoms with Crippen molar-refractivity contribution in [3.8, 4) is 11.5 Å². The van der Waals surface area contributed by atoms with E-state index in [0.717, 1.165) is 12.1 Å². The molecule has 0 heterocycles.